The predicted octanol–water partition coefficient (Wildman–Crippen LogP) is 3.16. The van der Waals surface area contributed by atoms with Gasteiger partial charge in [0.1, 0.15) is 0 Å². The highest BCUT2D eigenvalue weighted by atomic mass is 35.5. The van der Waals surface area contributed by atoms with Crippen molar-refractivity contribution < 1.29 is 9.47 Å². The van der Waals surface area contributed by atoms with Crippen molar-refractivity contribution in [2.24, 2.45) is 5.92 Å². The Balaban J connectivity index is 2.31. The molecule has 0 bridgehead atoms. The molecule has 0 heterocycles. The molecular formula is C16H26ClNO2. The molecule has 0 amide bonds. The summed E-state index contributed by atoms with van der Waals surface area (Å²) in [4.78, 5) is 0. The van der Waals surface area contributed by atoms with Crippen LogP contribution in [0.4, 0.5) is 0 Å². The van der Waals surface area contributed by atoms with E-state index in [0.717, 1.165) is 50.7 Å². The minimum atomic E-state index is 0.544. The van der Waals surface area contributed by atoms with Crippen molar-refractivity contribution in [2.45, 2.75) is 19.3 Å². The Morgan fingerprint density at radius 2 is 2.00 bits per heavy atom. The zero-order valence-electron chi connectivity index (χ0n) is 12.5. The topological polar surface area (TPSA) is 30.5 Å². The SMILES string of the molecule is CNCC(CCOCCCOC)Cc1ccccc1Cl. The Labute approximate surface area is 127 Å². The maximum absolute atomic E-state index is 6.22. The molecule has 0 fully saturated rings. The van der Waals surface area contributed by atoms with E-state index in [1.54, 1.807) is 7.11 Å². The second kappa shape index (κ2) is 11.1. The van der Waals surface area contributed by atoms with Crippen molar-refractivity contribution in [1.29, 1.82) is 0 Å². The standard InChI is InChI=1S/C16H26ClNO2/c1-18-13-14(8-11-20-10-5-9-19-2)12-15-6-3-4-7-16(15)17/h3-4,6-7,14,18H,5,8-13H2,1-2H3. The van der Waals surface area contributed by atoms with Gasteiger partial charge in [-0.15, -0.1) is 0 Å². The maximum Gasteiger partial charge on any atom is 0.0487 e. The quantitative estimate of drug-likeness (QED) is 0.637. The van der Waals surface area contributed by atoms with Crippen molar-refractivity contribution in [3.63, 3.8) is 0 Å². The molecule has 1 aromatic carbocycles. The zero-order valence-corrected chi connectivity index (χ0v) is 13.3. The monoisotopic (exact) mass is 299 g/mol. The summed E-state index contributed by atoms with van der Waals surface area (Å²) in [7, 11) is 3.70. The van der Waals surface area contributed by atoms with Gasteiger partial charge in [-0.05, 0) is 50.4 Å². The lowest BCUT2D eigenvalue weighted by Gasteiger charge is -2.17. The first kappa shape index (κ1) is 17.4. The fourth-order valence-corrected chi connectivity index (χ4v) is 2.41. The minimum Gasteiger partial charge on any atom is -0.385 e. The average molecular weight is 300 g/mol. The highest BCUT2D eigenvalue weighted by Crippen LogP contribution is 2.20. The molecule has 1 N–H and O–H groups in total. The van der Waals surface area contributed by atoms with Crippen LogP contribution in [-0.4, -0.2) is 40.5 Å². The first-order valence-electron chi connectivity index (χ1n) is 7.22. The molecule has 1 unspecified atom stereocenters. The summed E-state index contributed by atoms with van der Waals surface area (Å²) in [5, 5.41) is 4.11. The summed E-state index contributed by atoms with van der Waals surface area (Å²) in [5.41, 5.74) is 1.22. The van der Waals surface area contributed by atoms with Gasteiger partial charge in [0.2, 0.25) is 0 Å². The van der Waals surface area contributed by atoms with E-state index in [1.807, 2.05) is 25.2 Å². The molecule has 1 atom stereocenters. The van der Waals surface area contributed by atoms with Crippen molar-refractivity contribution >= 4 is 11.6 Å². The lowest BCUT2D eigenvalue weighted by atomic mass is 9.96. The lowest BCUT2D eigenvalue weighted by Crippen LogP contribution is -2.22. The van der Waals surface area contributed by atoms with Gasteiger partial charge in [-0.2, -0.15) is 0 Å². The summed E-state index contributed by atoms with van der Waals surface area (Å²) in [6, 6.07) is 8.07. The molecule has 20 heavy (non-hydrogen) atoms. The van der Waals surface area contributed by atoms with Crippen LogP contribution in [0.15, 0.2) is 24.3 Å². The van der Waals surface area contributed by atoms with Crippen LogP contribution in [-0.2, 0) is 15.9 Å². The smallest absolute Gasteiger partial charge is 0.0487 e. The van der Waals surface area contributed by atoms with Crippen LogP contribution in [0.1, 0.15) is 18.4 Å². The zero-order chi connectivity index (χ0) is 14.6. The Hall–Kier alpha value is -0.610. The Bertz CT molecular complexity index is 360. The first-order chi connectivity index (χ1) is 9.77. The molecule has 3 nitrogen and oxygen atoms in total. The van der Waals surface area contributed by atoms with E-state index in [-0.39, 0.29) is 0 Å². The molecule has 1 rings (SSSR count). The van der Waals surface area contributed by atoms with Crippen LogP contribution >= 0.6 is 11.6 Å². The number of hydrogen-bond acceptors (Lipinski definition) is 3. The Kier molecular flexibility index (Phi) is 9.67. The van der Waals surface area contributed by atoms with Crippen molar-refractivity contribution in [3.05, 3.63) is 34.9 Å². The highest BCUT2D eigenvalue weighted by molar-refractivity contribution is 6.31. The molecule has 0 aromatic heterocycles. The van der Waals surface area contributed by atoms with E-state index < -0.39 is 0 Å². The van der Waals surface area contributed by atoms with Gasteiger partial charge in [-0.1, -0.05) is 29.8 Å². The number of hydrogen-bond donors (Lipinski definition) is 1. The van der Waals surface area contributed by atoms with Crippen LogP contribution in [0.5, 0.6) is 0 Å². The molecule has 0 spiro atoms. The summed E-state index contributed by atoms with van der Waals surface area (Å²) < 4.78 is 10.6. The Morgan fingerprint density at radius 1 is 1.20 bits per heavy atom. The highest BCUT2D eigenvalue weighted by Gasteiger charge is 2.11. The number of nitrogens with one attached hydrogen (secondary N) is 1. The van der Waals surface area contributed by atoms with E-state index in [4.69, 9.17) is 21.1 Å². The van der Waals surface area contributed by atoms with Gasteiger partial charge in [-0.25, -0.2) is 0 Å². The summed E-state index contributed by atoms with van der Waals surface area (Å²) in [5.74, 6) is 0.544. The van der Waals surface area contributed by atoms with Crippen LogP contribution < -0.4 is 5.32 Å². The molecule has 0 aliphatic rings. The Morgan fingerprint density at radius 3 is 2.70 bits per heavy atom. The van der Waals surface area contributed by atoms with Crippen molar-refractivity contribution in [1.82, 2.24) is 5.32 Å². The van der Waals surface area contributed by atoms with E-state index in [0.29, 0.717) is 5.92 Å². The van der Waals surface area contributed by atoms with Gasteiger partial charge in [-0.3, -0.25) is 0 Å². The van der Waals surface area contributed by atoms with Crippen LogP contribution in [0.25, 0.3) is 0 Å². The van der Waals surface area contributed by atoms with Crippen molar-refractivity contribution in [2.75, 3.05) is 40.5 Å². The predicted molar refractivity (Wildman–Crippen MR) is 84.5 cm³/mol. The first-order valence-corrected chi connectivity index (χ1v) is 7.60. The van der Waals surface area contributed by atoms with E-state index in [2.05, 4.69) is 11.4 Å². The number of benzene rings is 1. The fraction of sp³-hybridized carbons (Fsp3) is 0.625. The molecule has 4 heteroatoms. The van der Waals surface area contributed by atoms with E-state index in [1.165, 1.54) is 5.56 Å². The number of methoxy groups -OCH3 is 1. The number of rotatable bonds is 11. The molecule has 114 valence electrons. The van der Waals surface area contributed by atoms with Gasteiger partial charge in [0.15, 0.2) is 0 Å². The minimum absolute atomic E-state index is 0.544. The molecule has 0 radical (unpaired) electrons. The number of ether oxygens (including phenoxy) is 2. The molecule has 0 saturated heterocycles. The maximum atomic E-state index is 6.22. The van der Waals surface area contributed by atoms with Crippen LogP contribution in [0, 0.1) is 5.92 Å². The second-order valence-corrected chi connectivity index (χ2v) is 5.37. The number of halogens is 1. The summed E-state index contributed by atoms with van der Waals surface area (Å²) in [6.07, 6.45) is 2.98. The van der Waals surface area contributed by atoms with Gasteiger partial charge in [0, 0.05) is 32.0 Å². The van der Waals surface area contributed by atoms with Crippen molar-refractivity contribution in [3.8, 4) is 0 Å². The fourth-order valence-electron chi connectivity index (χ4n) is 2.20. The normalized spacial score (nSPS) is 12.6. The molecule has 0 aliphatic heterocycles. The van der Waals surface area contributed by atoms with Crippen LogP contribution in [0.2, 0.25) is 5.02 Å². The van der Waals surface area contributed by atoms with E-state index in [9.17, 15) is 0 Å². The summed E-state index contributed by atoms with van der Waals surface area (Å²) >= 11 is 6.22. The molecule has 1 aromatic rings. The van der Waals surface area contributed by atoms with Gasteiger partial charge in [0.05, 0.1) is 0 Å². The van der Waals surface area contributed by atoms with E-state index >= 15 is 0 Å². The second-order valence-electron chi connectivity index (χ2n) is 4.97. The van der Waals surface area contributed by atoms with Crippen LogP contribution in [0.3, 0.4) is 0 Å². The third-order valence-electron chi connectivity index (χ3n) is 3.27. The largest absolute Gasteiger partial charge is 0.385 e. The third kappa shape index (κ3) is 7.25. The van der Waals surface area contributed by atoms with Gasteiger partial charge >= 0.3 is 0 Å². The third-order valence-corrected chi connectivity index (χ3v) is 3.64. The lowest BCUT2D eigenvalue weighted by molar-refractivity contribution is 0.0937. The molecular weight excluding hydrogens is 274 g/mol. The molecule has 0 saturated carbocycles. The molecule has 0 aliphatic carbocycles. The van der Waals surface area contributed by atoms with Gasteiger partial charge < -0.3 is 14.8 Å². The van der Waals surface area contributed by atoms with Gasteiger partial charge in [0.25, 0.3) is 0 Å². The average Bonchev–Trinajstić information content (AvgIpc) is 2.45. The summed E-state index contributed by atoms with van der Waals surface area (Å²) in [6.45, 7) is 3.30.